The highest BCUT2D eigenvalue weighted by Gasteiger charge is 2.24. The first kappa shape index (κ1) is 14.7. The fourth-order valence-electron chi connectivity index (χ4n) is 2.70. The summed E-state index contributed by atoms with van der Waals surface area (Å²) < 4.78 is 5.70. The standard InChI is InChI=1S/C15H20N2O3/c1-12-10-16(11-13(2)20-12)9-5-7-14-6-3-4-8-15(14)17(18)19/h3-8,12-13H,9-11H2,1-2H3/p+1/b7-5+/t12-,13+. The highest BCUT2D eigenvalue weighted by Crippen LogP contribution is 2.18. The van der Waals surface area contributed by atoms with Gasteiger partial charge < -0.3 is 9.64 Å². The van der Waals surface area contributed by atoms with Gasteiger partial charge in [-0.05, 0) is 32.1 Å². The van der Waals surface area contributed by atoms with Crippen LogP contribution < -0.4 is 4.90 Å². The number of nitrogens with one attached hydrogen (secondary N) is 1. The van der Waals surface area contributed by atoms with E-state index in [4.69, 9.17) is 4.74 Å². The van der Waals surface area contributed by atoms with Crippen LogP contribution in [0.3, 0.4) is 0 Å². The second kappa shape index (κ2) is 6.63. The van der Waals surface area contributed by atoms with E-state index in [-0.39, 0.29) is 22.8 Å². The van der Waals surface area contributed by atoms with Crippen molar-refractivity contribution in [1.29, 1.82) is 0 Å². The summed E-state index contributed by atoms with van der Waals surface area (Å²) in [6.07, 6.45) is 4.40. The van der Waals surface area contributed by atoms with Crippen molar-refractivity contribution in [3.8, 4) is 0 Å². The van der Waals surface area contributed by atoms with Crippen molar-refractivity contribution < 1.29 is 14.6 Å². The summed E-state index contributed by atoms with van der Waals surface area (Å²) in [5, 5.41) is 10.9. The number of quaternary nitrogens is 1. The summed E-state index contributed by atoms with van der Waals surface area (Å²) >= 11 is 0. The van der Waals surface area contributed by atoms with Crippen molar-refractivity contribution in [2.75, 3.05) is 19.6 Å². The Morgan fingerprint density at radius 1 is 1.35 bits per heavy atom. The fraction of sp³-hybridized carbons (Fsp3) is 0.467. The molecule has 0 radical (unpaired) electrons. The third-order valence-electron chi connectivity index (χ3n) is 3.45. The van der Waals surface area contributed by atoms with E-state index in [1.54, 1.807) is 12.1 Å². The first-order valence-corrected chi connectivity index (χ1v) is 6.95. The van der Waals surface area contributed by atoms with E-state index in [0.717, 1.165) is 19.6 Å². The van der Waals surface area contributed by atoms with Gasteiger partial charge in [-0.1, -0.05) is 12.1 Å². The van der Waals surface area contributed by atoms with Gasteiger partial charge in [0.2, 0.25) is 0 Å². The molecule has 108 valence electrons. The lowest BCUT2D eigenvalue weighted by Crippen LogP contribution is -3.15. The summed E-state index contributed by atoms with van der Waals surface area (Å²) in [5.41, 5.74) is 0.814. The lowest BCUT2D eigenvalue weighted by molar-refractivity contribution is -0.909. The zero-order chi connectivity index (χ0) is 14.5. The van der Waals surface area contributed by atoms with Gasteiger partial charge in [0.1, 0.15) is 25.3 Å². The highest BCUT2D eigenvalue weighted by molar-refractivity contribution is 5.60. The van der Waals surface area contributed by atoms with Gasteiger partial charge in [-0.15, -0.1) is 0 Å². The van der Waals surface area contributed by atoms with Crippen molar-refractivity contribution in [3.05, 3.63) is 46.0 Å². The largest absolute Gasteiger partial charge is 0.364 e. The average molecular weight is 277 g/mol. The minimum Gasteiger partial charge on any atom is -0.364 e. The Morgan fingerprint density at radius 2 is 2.00 bits per heavy atom. The normalized spacial score (nSPS) is 26.8. The van der Waals surface area contributed by atoms with Gasteiger partial charge in [-0.3, -0.25) is 10.1 Å². The monoisotopic (exact) mass is 277 g/mol. The van der Waals surface area contributed by atoms with Crippen molar-refractivity contribution >= 4 is 11.8 Å². The molecule has 1 aliphatic rings. The Bertz CT molecular complexity index is 492. The zero-order valence-electron chi connectivity index (χ0n) is 11.9. The molecule has 1 aromatic carbocycles. The molecule has 20 heavy (non-hydrogen) atoms. The first-order valence-electron chi connectivity index (χ1n) is 6.95. The topological polar surface area (TPSA) is 56.8 Å². The van der Waals surface area contributed by atoms with Gasteiger partial charge in [0.15, 0.2) is 0 Å². The number of morpholine rings is 1. The molecule has 1 saturated heterocycles. The predicted octanol–water partition coefficient (Wildman–Crippen LogP) is 1.30. The molecule has 5 heteroatoms. The van der Waals surface area contributed by atoms with Crippen LogP contribution in [0.15, 0.2) is 30.3 Å². The number of hydrogen-bond acceptors (Lipinski definition) is 3. The lowest BCUT2D eigenvalue weighted by atomic mass is 10.1. The minimum absolute atomic E-state index is 0.155. The molecule has 0 aromatic heterocycles. The Hall–Kier alpha value is -1.72. The van der Waals surface area contributed by atoms with Crippen LogP contribution in [0.5, 0.6) is 0 Å². The first-order chi connectivity index (χ1) is 9.56. The number of nitrogens with zero attached hydrogens (tertiary/aromatic N) is 1. The number of para-hydroxylation sites is 1. The Labute approximate surface area is 119 Å². The molecular weight excluding hydrogens is 256 g/mol. The van der Waals surface area contributed by atoms with E-state index >= 15 is 0 Å². The number of rotatable bonds is 4. The Balaban J connectivity index is 1.98. The highest BCUT2D eigenvalue weighted by atomic mass is 16.6. The van der Waals surface area contributed by atoms with Crippen molar-refractivity contribution in [2.45, 2.75) is 26.1 Å². The SMILES string of the molecule is C[C@@H]1C[NH+](C/C=C/c2ccccc2[N+](=O)[O-])C[C@H](C)O1. The molecule has 1 fully saturated rings. The third-order valence-corrected chi connectivity index (χ3v) is 3.45. The maximum Gasteiger partial charge on any atom is 0.276 e. The Morgan fingerprint density at radius 3 is 2.65 bits per heavy atom. The molecule has 1 unspecified atom stereocenters. The van der Waals surface area contributed by atoms with Gasteiger partial charge in [-0.2, -0.15) is 0 Å². The zero-order valence-corrected chi connectivity index (χ0v) is 11.9. The number of ether oxygens (including phenoxy) is 1. The van der Waals surface area contributed by atoms with Gasteiger partial charge >= 0.3 is 0 Å². The van der Waals surface area contributed by atoms with Crippen LogP contribution in [0, 0.1) is 10.1 Å². The molecule has 2 rings (SSSR count). The predicted molar refractivity (Wildman–Crippen MR) is 77.7 cm³/mol. The van der Waals surface area contributed by atoms with Crippen LogP contribution in [0.4, 0.5) is 5.69 Å². The molecule has 0 spiro atoms. The summed E-state index contributed by atoms with van der Waals surface area (Å²) in [6.45, 7) is 6.99. The van der Waals surface area contributed by atoms with Gasteiger partial charge in [-0.25, -0.2) is 0 Å². The minimum atomic E-state index is -0.342. The molecule has 1 aliphatic heterocycles. The van der Waals surface area contributed by atoms with Crippen LogP contribution >= 0.6 is 0 Å². The van der Waals surface area contributed by atoms with Crippen LogP contribution in [-0.2, 0) is 4.74 Å². The number of nitro benzene ring substituents is 1. The van der Waals surface area contributed by atoms with Crippen LogP contribution in [0.25, 0.3) is 6.08 Å². The summed E-state index contributed by atoms with van der Waals surface area (Å²) in [6, 6.07) is 6.81. The van der Waals surface area contributed by atoms with Crippen LogP contribution in [0.1, 0.15) is 19.4 Å². The quantitative estimate of drug-likeness (QED) is 0.666. The second-order valence-electron chi connectivity index (χ2n) is 5.34. The molecule has 0 saturated carbocycles. The van der Waals surface area contributed by atoms with Crippen molar-refractivity contribution in [2.24, 2.45) is 0 Å². The van der Waals surface area contributed by atoms with E-state index in [9.17, 15) is 10.1 Å². The lowest BCUT2D eigenvalue weighted by Gasteiger charge is -2.31. The summed E-state index contributed by atoms with van der Waals surface area (Å²) in [7, 11) is 0. The van der Waals surface area contributed by atoms with Crippen molar-refractivity contribution in [1.82, 2.24) is 0 Å². The van der Waals surface area contributed by atoms with Crippen LogP contribution in [-0.4, -0.2) is 36.8 Å². The maximum absolute atomic E-state index is 10.9. The van der Waals surface area contributed by atoms with Gasteiger partial charge in [0, 0.05) is 6.07 Å². The van der Waals surface area contributed by atoms with Gasteiger partial charge in [0.25, 0.3) is 5.69 Å². The van der Waals surface area contributed by atoms with E-state index < -0.39 is 0 Å². The van der Waals surface area contributed by atoms with Crippen molar-refractivity contribution in [3.63, 3.8) is 0 Å². The second-order valence-corrected chi connectivity index (χ2v) is 5.34. The number of hydrogen-bond donors (Lipinski definition) is 1. The molecule has 0 bridgehead atoms. The fourth-order valence-corrected chi connectivity index (χ4v) is 2.70. The maximum atomic E-state index is 10.9. The number of benzene rings is 1. The van der Waals surface area contributed by atoms with Crippen LogP contribution in [0.2, 0.25) is 0 Å². The average Bonchev–Trinajstić information content (AvgIpc) is 2.38. The Kier molecular flexibility index (Phi) is 4.87. The molecule has 0 aliphatic carbocycles. The molecule has 0 amide bonds. The third kappa shape index (κ3) is 3.88. The molecular formula is C15H21N2O3+. The molecule has 3 atom stereocenters. The van der Waals surface area contributed by atoms with E-state index in [0.29, 0.717) is 5.56 Å². The van der Waals surface area contributed by atoms with Gasteiger partial charge in [0.05, 0.1) is 17.0 Å². The van der Waals surface area contributed by atoms with E-state index in [1.807, 2.05) is 18.2 Å². The van der Waals surface area contributed by atoms with E-state index in [2.05, 4.69) is 13.8 Å². The van der Waals surface area contributed by atoms with E-state index in [1.165, 1.54) is 11.0 Å². The molecule has 1 aromatic rings. The summed E-state index contributed by atoms with van der Waals surface area (Å²) in [4.78, 5) is 12.0. The molecule has 1 heterocycles. The molecule has 1 N–H and O–H groups in total. The number of nitro groups is 1. The smallest absolute Gasteiger partial charge is 0.276 e. The molecule has 5 nitrogen and oxygen atoms in total. The summed E-state index contributed by atoms with van der Waals surface area (Å²) in [5.74, 6) is 0.